The quantitative estimate of drug-likeness (QED) is 0.0911. The van der Waals surface area contributed by atoms with Crippen LogP contribution < -0.4 is 21.7 Å². The highest BCUT2D eigenvalue weighted by Gasteiger charge is 2.26. The number of hydrogen-bond acceptors (Lipinski definition) is 8. The van der Waals surface area contributed by atoms with E-state index in [0.717, 1.165) is 11.4 Å². The third-order valence-electron chi connectivity index (χ3n) is 2.77. The third-order valence-corrected chi connectivity index (χ3v) is 4.57. The van der Waals surface area contributed by atoms with Gasteiger partial charge in [-0.3, -0.25) is 0 Å². The van der Waals surface area contributed by atoms with E-state index in [1.807, 2.05) is 0 Å². The molecule has 1 heterocycles. The average molecular weight is 511 g/mol. The summed E-state index contributed by atoms with van der Waals surface area (Å²) >= 11 is 2.83. The van der Waals surface area contributed by atoms with Crippen molar-refractivity contribution in [3.8, 4) is 6.19 Å². The molecule has 1 aromatic heterocycles. The Morgan fingerprint density at radius 2 is 2.00 bits per heavy atom. The normalized spacial score (nSPS) is 11.8. The summed E-state index contributed by atoms with van der Waals surface area (Å²) in [4.78, 5) is 30.1. The summed E-state index contributed by atoms with van der Waals surface area (Å²) in [6.07, 6.45) is -1.60. The predicted molar refractivity (Wildman–Crippen MR) is 119 cm³/mol. The van der Waals surface area contributed by atoms with Gasteiger partial charge in [0.2, 0.25) is 12.2 Å². The zero-order valence-corrected chi connectivity index (χ0v) is 18.7. The molecule has 17 heteroatoms. The monoisotopic (exact) mass is 510 g/mol. The zero-order chi connectivity index (χ0) is 25.3. The van der Waals surface area contributed by atoms with Gasteiger partial charge in [-0.2, -0.15) is 30.2 Å². The van der Waals surface area contributed by atoms with Gasteiger partial charge >= 0.3 is 18.1 Å². The topological polar surface area (TPSA) is 198 Å². The first-order valence-electron chi connectivity index (χ1n) is 8.65. The van der Waals surface area contributed by atoms with Gasteiger partial charge < -0.3 is 31.9 Å². The van der Waals surface area contributed by atoms with Crippen molar-refractivity contribution in [2.45, 2.75) is 11.9 Å². The van der Waals surface area contributed by atoms with E-state index in [1.165, 1.54) is 11.3 Å². The van der Waals surface area contributed by atoms with E-state index in [2.05, 4.69) is 30.9 Å². The fraction of sp³-hybridized carbons (Fsp3) is 0.375. The maximum Gasteiger partial charge on any atom is 0.408 e. The minimum absolute atomic E-state index is 0.327. The lowest BCUT2D eigenvalue weighted by Gasteiger charge is -2.06. The van der Waals surface area contributed by atoms with Crippen molar-refractivity contribution in [2.75, 3.05) is 31.2 Å². The van der Waals surface area contributed by atoms with Crippen LogP contribution in [0.25, 0.3) is 0 Å². The van der Waals surface area contributed by atoms with Crippen molar-refractivity contribution in [2.24, 2.45) is 15.7 Å². The number of halogens is 3. The maximum atomic E-state index is 12.0. The number of thiazole rings is 1. The number of nitriles is 1. The summed E-state index contributed by atoms with van der Waals surface area (Å²) in [5.74, 6) is -1.06. The number of alkyl halides is 3. The third kappa shape index (κ3) is 17.8. The fourth-order valence-corrected chi connectivity index (χ4v) is 3.12. The molecule has 1 aromatic rings. The van der Waals surface area contributed by atoms with Crippen LogP contribution in [0.3, 0.4) is 0 Å². The minimum atomic E-state index is -4.39. The molecule has 0 spiro atoms. The summed E-state index contributed by atoms with van der Waals surface area (Å²) in [6.45, 7) is -0.727. The molecule has 0 aliphatic rings. The summed E-state index contributed by atoms with van der Waals surface area (Å²) in [5, 5.41) is 34.5. The van der Waals surface area contributed by atoms with Crippen molar-refractivity contribution in [3.05, 3.63) is 23.2 Å². The molecule has 182 valence electrons. The Balaban J connectivity index is 0.00000109. The molecule has 0 radical (unpaired) electrons. The molecule has 0 aliphatic carbocycles. The second kappa shape index (κ2) is 16.2. The molecular weight excluding hydrogens is 489 g/mol. The molecule has 1 rings (SSSR count). The Kier molecular flexibility index (Phi) is 14.4. The Morgan fingerprint density at radius 1 is 1.36 bits per heavy atom. The standard InChI is InChI=1S/C12H17F3N8S2.C4H4O4/c1-18-10(21-7-16)19-2-3-24-4-8-5-25-11(22-8)23-9(17)20-6-12(13,14)15;5-3(6)1-2-4(7)8/h5H,2-4,6H2,1H3,(H2,18,19,21)(H3,17,20,22,23);1-2H,(H,5,6)(H,7,8). The fourth-order valence-electron chi connectivity index (χ4n) is 1.55. The highest BCUT2D eigenvalue weighted by molar-refractivity contribution is 7.98. The molecule has 0 atom stereocenters. The Hall–Kier alpha value is -3.52. The molecule has 0 saturated carbocycles. The molecule has 7 N–H and O–H groups in total. The maximum absolute atomic E-state index is 12.0. The highest BCUT2D eigenvalue weighted by atomic mass is 32.2. The molecule has 0 amide bonds. The van der Waals surface area contributed by atoms with Crippen molar-refractivity contribution in [1.82, 2.24) is 15.6 Å². The summed E-state index contributed by atoms with van der Waals surface area (Å²) in [5.41, 5.74) is 6.16. The molecule has 33 heavy (non-hydrogen) atoms. The minimum Gasteiger partial charge on any atom is -0.478 e. The van der Waals surface area contributed by atoms with Crippen molar-refractivity contribution in [3.63, 3.8) is 0 Å². The molecule has 0 bridgehead atoms. The lowest BCUT2D eigenvalue weighted by atomic mass is 10.5. The Morgan fingerprint density at radius 3 is 2.52 bits per heavy atom. The number of rotatable bonds is 9. The second-order valence-corrected chi connectivity index (χ2v) is 7.35. The Bertz CT molecular complexity index is 881. The number of aliphatic imine (C=N–C) groups is 2. The van der Waals surface area contributed by atoms with Gasteiger partial charge in [-0.25, -0.2) is 19.6 Å². The molecule has 0 aliphatic heterocycles. The molecular formula is C16H21F3N8O4S2. The number of aromatic nitrogens is 1. The number of thioether (sulfide) groups is 1. The van der Waals surface area contributed by atoms with E-state index < -0.39 is 24.7 Å². The number of nitrogens with zero attached hydrogens (tertiary/aromatic N) is 4. The predicted octanol–water partition coefficient (Wildman–Crippen LogP) is 1.02. The number of carboxylic acid groups (broad SMARTS) is 2. The van der Waals surface area contributed by atoms with E-state index in [0.29, 0.717) is 35.5 Å². The number of carboxylic acids is 2. The second-order valence-electron chi connectivity index (χ2n) is 5.39. The first-order chi connectivity index (χ1) is 15.5. The van der Waals surface area contributed by atoms with Crippen LogP contribution in [-0.2, 0) is 15.3 Å². The molecule has 0 unspecified atom stereocenters. The molecule has 0 saturated heterocycles. The van der Waals surface area contributed by atoms with Gasteiger partial charge in [0.25, 0.3) is 0 Å². The SMILES string of the molecule is CNC(=NC#N)NCCSCc1csc(NC(N)=NCC(F)(F)F)n1.O=C(O)C=CC(=O)O. The van der Waals surface area contributed by atoms with Crippen LogP contribution in [0.5, 0.6) is 0 Å². The van der Waals surface area contributed by atoms with Crippen LogP contribution >= 0.6 is 23.1 Å². The average Bonchev–Trinajstić information content (AvgIpc) is 3.16. The number of aliphatic carboxylic acids is 2. The molecule has 0 fully saturated rings. The van der Waals surface area contributed by atoms with Crippen LogP contribution in [0.4, 0.5) is 18.3 Å². The van der Waals surface area contributed by atoms with Crippen LogP contribution in [-0.4, -0.2) is 71.1 Å². The van der Waals surface area contributed by atoms with Gasteiger partial charge in [-0.1, -0.05) is 0 Å². The van der Waals surface area contributed by atoms with E-state index >= 15 is 0 Å². The van der Waals surface area contributed by atoms with E-state index in [-0.39, 0.29) is 5.96 Å². The summed E-state index contributed by atoms with van der Waals surface area (Å²) in [7, 11) is 1.66. The lowest BCUT2D eigenvalue weighted by molar-refractivity contribution is -0.134. The van der Waals surface area contributed by atoms with E-state index in [4.69, 9.17) is 21.2 Å². The van der Waals surface area contributed by atoms with Crippen molar-refractivity contribution < 1.29 is 33.0 Å². The first kappa shape index (κ1) is 29.5. The number of guanidine groups is 2. The largest absolute Gasteiger partial charge is 0.478 e. The van der Waals surface area contributed by atoms with Crippen molar-refractivity contribution >= 4 is 52.1 Å². The van der Waals surface area contributed by atoms with E-state index in [9.17, 15) is 22.8 Å². The van der Waals surface area contributed by atoms with Crippen molar-refractivity contribution in [1.29, 1.82) is 5.26 Å². The van der Waals surface area contributed by atoms with Gasteiger partial charge in [0.05, 0.1) is 5.69 Å². The van der Waals surface area contributed by atoms with Crippen LogP contribution in [0.15, 0.2) is 27.5 Å². The molecule has 12 nitrogen and oxygen atoms in total. The smallest absolute Gasteiger partial charge is 0.408 e. The van der Waals surface area contributed by atoms with Gasteiger partial charge in [-0.05, 0) is 0 Å². The van der Waals surface area contributed by atoms with Crippen LogP contribution in [0.2, 0.25) is 0 Å². The molecule has 0 aromatic carbocycles. The summed E-state index contributed by atoms with van der Waals surface area (Å²) in [6, 6.07) is 0. The van der Waals surface area contributed by atoms with Crippen LogP contribution in [0.1, 0.15) is 5.69 Å². The lowest BCUT2D eigenvalue weighted by Crippen LogP contribution is -2.35. The first-order valence-corrected chi connectivity index (χ1v) is 10.7. The highest BCUT2D eigenvalue weighted by Crippen LogP contribution is 2.19. The zero-order valence-electron chi connectivity index (χ0n) is 17.1. The number of carbonyl (C=O) groups is 2. The number of hydrogen-bond donors (Lipinski definition) is 6. The summed E-state index contributed by atoms with van der Waals surface area (Å²) < 4.78 is 36.1. The number of nitrogens with one attached hydrogen (secondary N) is 3. The Labute approximate surface area is 194 Å². The number of nitrogens with two attached hydrogens (primary N) is 1. The van der Waals surface area contributed by atoms with Gasteiger partial charge in [0.1, 0.15) is 6.54 Å². The van der Waals surface area contributed by atoms with Gasteiger partial charge in [-0.15, -0.1) is 16.3 Å². The van der Waals surface area contributed by atoms with E-state index in [1.54, 1.807) is 30.4 Å². The van der Waals surface area contributed by atoms with Gasteiger partial charge in [0, 0.05) is 42.6 Å². The number of anilines is 1. The van der Waals surface area contributed by atoms with Crippen LogP contribution in [0, 0.1) is 11.5 Å². The van der Waals surface area contributed by atoms with Gasteiger partial charge in [0.15, 0.2) is 11.1 Å².